The van der Waals surface area contributed by atoms with Gasteiger partial charge in [-0.15, -0.1) is 0 Å². The first kappa shape index (κ1) is 10.8. The molecule has 0 N–H and O–H groups in total. The van der Waals surface area contributed by atoms with Gasteiger partial charge in [0, 0.05) is 18.9 Å². The van der Waals surface area contributed by atoms with Gasteiger partial charge in [-0.2, -0.15) is 0 Å². The number of aromatic nitrogens is 2. The first-order valence-corrected chi connectivity index (χ1v) is 5.90. The number of pyridine rings is 1. The standard InChI is InChI=1S/C15H14N2O/c1-18-15-13-8-10-17(14(13)7-9-16-15)11-12-5-3-2-4-6-12/h2-10H,11H2,1H3. The Morgan fingerprint density at radius 3 is 2.72 bits per heavy atom. The van der Waals surface area contributed by atoms with Crippen LogP contribution in [-0.4, -0.2) is 16.7 Å². The quantitative estimate of drug-likeness (QED) is 0.701. The molecule has 0 spiro atoms. The summed E-state index contributed by atoms with van der Waals surface area (Å²) in [7, 11) is 1.65. The van der Waals surface area contributed by atoms with Gasteiger partial charge in [0.2, 0.25) is 5.88 Å². The molecule has 3 heteroatoms. The Morgan fingerprint density at radius 1 is 1.11 bits per heavy atom. The van der Waals surface area contributed by atoms with Gasteiger partial charge in [0.05, 0.1) is 18.0 Å². The van der Waals surface area contributed by atoms with Crippen LogP contribution in [0, 0.1) is 0 Å². The molecule has 2 heterocycles. The number of ether oxygens (including phenoxy) is 1. The van der Waals surface area contributed by atoms with Gasteiger partial charge in [0.1, 0.15) is 0 Å². The van der Waals surface area contributed by atoms with Gasteiger partial charge in [-0.25, -0.2) is 4.98 Å². The maximum absolute atomic E-state index is 5.27. The summed E-state index contributed by atoms with van der Waals surface area (Å²) in [5, 5.41) is 1.05. The van der Waals surface area contributed by atoms with Crippen LogP contribution in [0.15, 0.2) is 54.9 Å². The van der Waals surface area contributed by atoms with Gasteiger partial charge in [-0.05, 0) is 17.7 Å². The van der Waals surface area contributed by atoms with Gasteiger partial charge < -0.3 is 9.30 Å². The number of nitrogens with zero attached hydrogens (tertiary/aromatic N) is 2. The monoisotopic (exact) mass is 238 g/mol. The molecule has 90 valence electrons. The Balaban J connectivity index is 2.03. The molecular formula is C15H14N2O. The maximum Gasteiger partial charge on any atom is 0.222 e. The number of hydrogen-bond donors (Lipinski definition) is 0. The molecule has 0 atom stereocenters. The molecule has 0 bridgehead atoms. The summed E-state index contributed by atoms with van der Waals surface area (Å²) in [6.45, 7) is 0.859. The van der Waals surface area contributed by atoms with E-state index in [0.29, 0.717) is 5.88 Å². The van der Waals surface area contributed by atoms with Crippen LogP contribution < -0.4 is 4.74 Å². The number of hydrogen-bond acceptors (Lipinski definition) is 2. The molecule has 0 aliphatic carbocycles. The second kappa shape index (κ2) is 4.53. The minimum Gasteiger partial charge on any atom is -0.481 e. The summed E-state index contributed by atoms with van der Waals surface area (Å²) in [4.78, 5) is 4.21. The van der Waals surface area contributed by atoms with Gasteiger partial charge in [0.25, 0.3) is 0 Å². The highest BCUT2D eigenvalue weighted by Gasteiger charge is 2.06. The Bertz CT molecular complexity index is 659. The summed E-state index contributed by atoms with van der Waals surface area (Å²) < 4.78 is 7.47. The third-order valence-corrected chi connectivity index (χ3v) is 3.05. The highest BCUT2D eigenvalue weighted by molar-refractivity contribution is 5.84. The number of rotatable bonds is 3. The summed E-state index contributed by atoms with van der Waals surface area (Å²) in [6.07, 6.45) is 3.85. The molecule has 2 aromatic heterocycles. The fourth-order valence-electron chi connectivity index (χ4n) is 2.18. The zero-order chi connectivity index (χ0) is 12.4. The van der Waals surface area contributed by atoms with Gasteiger partial charge in [-0.1, -0.05) is 30.3 Å². The van der Waals surface area contributed by atoms with Gasteiger partial charge in [-0.3, -0.25) is 0 Å². The summed E-state index contributed by atoms with van der Waals surface area (Å²) in [5.74, 6) is 0.680. The second-order valence-electron chi connectivity index (χ2n) is 4.18. The molecule has 0 saturated carbocycles. The van der Waals surface area contributed by atoms with E-state index in [1.165, 1.54) is 5.56 Å². The first-order chi connectivity index (χ1) is 8.88. The lowest BCUT2D eigenvalue weighted by Gasteiger charge is -2.06. The molecule has 0 unspecified atom stereocenters. The molecule has 0 fully saturated rings. The average Bonchev–Trinajstić information content (AvgIpc) is 2.83. The Morgan fingerprint density at radius 2 is 1.94 bits per heavy atom. The largest absolute Gasteiger partial charge is 0.481 e. The predicted octanol–water partition coefficient (Wildman–Crippen LogP) is 3.09. The molecule has 0 aliphatic rings. The van der Waals surface area contributed by atoms with Crippen LogP contribution in [0.3, 0.4) is 0 Å². The van der Waals surface area contributed by atoms with Crippen molar-refractivity contribution in [1.82, 2.24) is 9.55 Å². The van der Waals surface area contributed by atoms with E-state index in [-0.39, 0.29) is 0 Å². The van der Waals surface area contributed by atoms with Crippen molar-refractivity contribution in [2.75, 3.05) is 7.11 Å². The molecular weight excluding hydrogens is 224 g/mol. The summed E-state index contributed by atoms with van der Waals surface area (Å²) >= 11 is 0. The van der Waals surface area contributed by atoms with Crippen LogP contribution in [0.4, 0.5) is 0 Å². The molecule has 18 heavy (non-hydrogen) atoms. The van der Waals surface area contributed by atoms with Crippen molar-refractivity contribution in [3.63, 3.8) is 0 Å². The zero-order valence-electron chi connectivity index (χ0n) is 10.2. The highest BCUT2D eigenvalue weighted by Crippen LogP contribution is 2.24. The molecule has 0 saturated heterocycles. The van der Waals surface area contributed by atoms with Crippen molar-refractivity contribution in [1.29, 1.82) is 0 Å². The van der Waals surface area contributed by atoms with E-state index in [1.54, 1.807) is 13.3 Å². The van der Waals surface area contributed by atoms with E-state index in [4.69, 9.17) is 4.74 Å². The van der Waals surface area contributed by atoms with E-state index < -0.39 is 0 Å². The summed E-state index contributed by atoms with van der Waals surface area (Å²) in [5.41, 5.74) is 2.43. The molecule has 0 aliphatic heterocycles. The second-order valence-corrected chi connectivity index (χ2v) is 4.18. The first-order valence-electron chi connectivity index (χ1n) is 5.90. The van der Waals surface area contributed by atoms with E-state index in [9.17, 15) is 0 Å². The van der Waals surface area contributed by atoms with Crippen molar-refractivity contribution in [3.05, 3.63) is 60.4 Å². The smallest absolute Gasteiger partial charge is 0.222 e. The molecule has 1 aromatic carbocycles. The molecule has 0 amide bonds. The minimum atomic E-state index is 0.680. The van der Waals surface area contributed by atoms with Crippen LogP contribution in [0.25, 0.3) is 10.9 Å². The predicted molar refractivity (Wildman–Crippen MR) is 71.8 cm³/mol. The lowest BCUT2D eigenvalue weighted by molar-refractivity contribution is 0.403. The topological polar surface area (TPSA) is 27.1 Å². The van der Waals surface area contributed by atoms with Crippen LogP contribution in [0.5, 0.6) is 5.88 Å². The van der Waals surface area contributed by atoms with Crippen molar-refractivity contribution in [3.8, 4) is 5.88 Å². The highest BCUT2D eigenvalue weighted by atomic mass is 16.5. The number of methoxy groups -OCH3 is 1. The lowest BCUT2D eigenvalue weighted by atomic mass is 10.2. The number of benzene rings is 1. The zero-order valence-corrected chi connectivity index (χ0v) is 10.2. The maximum atomic E-state index is 5.27. The fraction of sp³-hybridized carbons (Fsp3) is 0.133. The number of fused-ring (bicyclic) bond motifs is 1. The molecule has 3 nitrogen and oxygen atoms in total. The SMILES string of the molecule is COc1nccc2c1ccn2Cc1ccccc1. The fourth-order valence-corrected chi connectivity index (χ4v) is 2.18. The van der Waals surface area contributed by atoms with Crippen molar-refractivity contribution in [2.24, 2.45) is 0 Å². The van der Waals surface area contributed by atoms with Gasteiger partial charge >= 0.3 is 0 Å². The lowest BCUT2D eigenvalue weighted by Crippen LogP contribution is -1.97. The van der Waals surface area contributed by atoms with Crippen molar-refractivity contribution in [2.45, 2.75) is 6.54 Å². The van der Waals surface area contributed by atoms with E-state index in [1.807, 2.05) is 18.2 Å². The molecule has 3 rings (SSSR count). The van der Waals surface area contributed by atoms with Crippen molar-refractivity contribution < 1.29 is 4.74 Å². The van der Waals surface area contributed by atoms with Crippen molar-refractivity contribution >= 4 is 10.9 Å². The molecule has 3 aromatic rings. The van der Waals surface area contributed by atoms with Crippen LogP contribution >= 0.6 is 0 Å². The molecule has 0 radical (unpaired) electrons. The average molecular weight is 238 g/mol. The van der Waals surface area contributed by atoms with E-state index in [0.717, 1.165) is 17.4 Å². The Labute approximate surface area is 106 Å². The summed E-state index contributed by atoms with van der Waals surface area (Å²) in [6, 6.07) is 14.5. The van der Waals surface area contributed by atoms with E-state index >= 15 is 0 Å². The van der Waals surface area contributed by atoms with Gasteiger partial charge in [0.15, 0.2) is 0 Å². The van der Waals surface area contributed by atoms with Crippen LogP contribution in [-0.2, 0) is 6.54 Å². The van der Waals surface area contributed by atoms with E-state index in [2.05, 4.69) is 40.0 Å². The minimum absolute atomic E-state index is 0.680. The normalized spacial score (nSPS) is 10.7. The van der Waals surface area contributed by atoms with Crippen LogP contribution in [0.1, 0.15) is 5.56 Å². The third kappa shape index (κ3) is 1.84. The Kier molecular flexibility index (Phi) is 2.73. The Hall–Kier alpha value is -2.29. The third-order valence-electron chi connectivity index (χ3n) is 3.05. The van der Waals surface area contributed by atoms with Crippen LogP contribution in [0.2, 0.25) is 0 Å².